The summed E-state index contributed by atoms with van der Waals surface area (Å²) in [4.78, 5) is 0. The molecule has 6 rings (SSSR count). The van der Waals surface area contributed by atoms with Crippen molar-refractivity contribution in [2.75, 3.05) is 0 Å². The molecule has 0 atom stereocenters. The van der Waals surface area contributed by atoms with Crippen LogP contribution < -0.4 is 0 Å². The van der Waals surface area contributed by atoms with Crippen molar-refractivity contribution in [2.45, 2.75) is 0 Å². The summed E-state index contributed by atoms with van der Waals surface area (Å²) in [6, 6.07) is 40.0. The van der Waals surface area contributed by atoms with Gasteiger partial charge in [-0.1, -0.05) is 30.2 Å². The quantitative estimate of drug-likeness (QED) is 0.0625. The molecule has 5 aromatic rings. The third-order valence-electron chi connectivity index (χ3n) is 7.02. The molecule has 1 aliphatic carbocycles. The Balaban J connectivity index is 0.000000364. The van der Waals surface area contributed by atoms with Crippen LogP contribution in [0.3, 0.4) is 0 Å². The molecule has 54 heavy (non-hydrogen) atoms. The molecule has 0 spiro atoms. The standard InChI is InChI=1S/C26H12N4O.C15H9O.C5H5.2Fe/c27-14-22(15-28)25(20-7-3-4-8-20)26(23(16-29)17-30)21-11-19(12-24(31)13-21)10-9-18-5-1-2-6-18;1-2-12-9-14(11-15(16)10-12)8-7-13-5-3-4-6-13;1-2-4-5-3-1;;/h1-8,11-13,31H;1,3-6,9-11,16H;1-5H;;/q-2;2*-1;2*+2. The van der Waals surface area contributed by atoms with Crippen molar-refractivity contribution in [3.05, 3.63) is 201 Å². The second-order valence-corrected chi connectivity index (χ2v) is 10.6. The van der Waals surface area contributed by atoms with Gasteiger partial charge < -0.3 is 15.6 Å². The minimum Gasteiger partial charge on any atom is -0.762 e. The molecule has 1 aliphatic rings. The maximum Gasteiger partial charge on any atom is 2.00 e. The minimum absolute atomic E-state index is 0. The number of phenols is 2. The molecule has 6 nitrogen and oxygen atoms in total. The van der Waals surface area contributed by atoms with Crippen LogP contribution >= 0.6 is 0 Å². The monoisotopic (exact) mass is 778 g/mol. The molecule has 0 bridgehead atoms. The molecule has 0 fully saturated rings. The largest absolute Gasteiger partial charge is 2.00 e. The Morgan fingerprint density at radius 1 is 0.648 bits per heavy atom. The first-order valence-electron chi connectivity index (χ1n) is 15.5. The number of hydrogen-bond acceptors (Lipinski definition) is 5. The summed E-state index contributed by atoms with van der Waals surface area (Å²) in [5.74, 6) is 16.2. The summed E-state index contributed by atoms with van der Waals surface area (Å²) >= 11 is 0. The Hall–Kier alpha value is -7.31. The molecule has 2 N–H and O–H groups in total. The smallest absolute Gasteiger partial charge is 0.762 e. The van der Waals surface area contributed by atoms with Crippen molar-refractivity contribution >= 4 is 11.4 Å². The van der Waals surface area contributed by atoms with E-state index in [9.17, 15) is 31.4 Å². The van der Waals surface area contributed by atoms with Gasteiger partial charge in [0.1, 0.15) is 35.3 Å². The number of nitrogens with zero attached hydrogens (tertiary/aromatic N) is 4. The van der Waals surface area contributed by atoms with Gasteiger partial charge in [0.05, 0.1) is 5.57 Å². The molecule has 8 heteroatoms. The van der Waals surface area contributed by atoms with Crippen LogP contribution in [0.25, 0.3) is 11.0 Å². The number of allylic oxidation sites excluding steroid dienone is 9. The number of phenolic OH excluding ortho intramolecular Hbond substituents is 2. The van der Waals surface area contributed by atoms with Crippen molar-refractivity contribution in [1.29, 1.82) is 15.8 Å². The predicted molar refractivity (Wildman–Crippen MR) is 203 cm³/mol. The molecule has 0 saturated carbocycles. The Labute approximate surface area is 336 Å². The van der Waals surface area contributed by atoms with Crippen molar-refractivity contribution < 1.29 is 44.4 Å². The average molecular weight is 778 g/mol. The molecule has 0 saturated heterocycles. The number of aromatic hydroxyl groups is 2. The Morgan fingerprint density at radius 3 is 1.63 bits per heavy atom. The number of nitriles is 3. The number of benzene rings is 2. The van der Waals surface area contributed by atoms with Crippen LogP contribution in [0.2, 0.25) is 0 Å². The van der Waals surface area contributed by atoms with Crippen LogP contribution in [0.15, 0.2) is 162 Å². The Morgan fingerprint density at radius 2 is 1.19 bits per heavy atom. The van der Waals surface area contributed by atoms with E-state index in [0.717, 1.165) is 11.1 Å². The zero-order chi connectivity index (χ0) is 37.1. The first-order chi connectivity index (χ1) is 25.4. The third-order valence-corrected chi connectivity index (χ3v) is 7.02. The third kappa shape index (κ3) is 12.5. The van der Waals surface area contributed by atoms with Gasteiger partial charge in [0.25, 0.3) is 0 Å². The summed E-state index contributed by atoms with van der Waals surface area (Å²) in [5.41, 5.74) is 4.02. The second-order valence-electron chi connectivity index (χ2n) is 10.6. The van der Waals surface area contributed by atoms with E-state index < -0.39 is 0 Å². The first kappa shape index (κ1) is 42.9. The summed E-state index contributed by atoms with van der Waals surface area (Å²) in [6.07, 6.45) is 12.1. The minimum atomic E-state index is -0.292. The van der Waals surface area contributed by atoms with Gasteiger partial charge in [-0.3, -0.25) is 0 Å². The first-order valence-corrected chi connectivity index (χ1v) is 15.5. The van der Waals surface area contributed by atoms with Gasteiger partial charge in [-0.2, -0.15) is 82.2 Å². The molecular weight excluding hydrogens is 752 g/mol. The van der Waals surface area contributed by atoms with Crippen molar-refractivity contribution in [3.8, 4) is 65.7 Å². The van der Waals surface area contributed by atoms with Crippen LogP contribution in [0.1, 0.15) is 33.4 Å². The molecule has 0 aromatic heterocycles. The van der Waals surface area contributed by atoms with Gasteiger partial charge >= 0.3 is 34.1 Å². The van der Waals surface area contributed by atoms with Gasteiger partial charge in [-0.05, 0) is 47.5 Å². The van der Waals surface area contributed by atoms with E-state index in [4.69, 9.17) is 6.42 Å². The zero-order valence-corrected chi connectivity index (χ0v) is 30.5. The van der Waals surface area contributed by atoms with Gasteiger partial charge in [-0.25, -0.2) is 18.0 Å². The molecule has 0 aliphatic heterocycles. The molecule has 258 valence electrons. The summed E-state index contributed by atoms with van der Waals surface area (Å²) in [5, 5.41) is 57.9. The van der Waals surface area contributed by atoms with Crippen molar-refractivity contribution in [2.24, 2.45) is 0 Å². The summed E-state index contributed by atoms with van der Waals surface area (Å²) < 4.78 is 0. The molecular formula is C46H26Fe2N4O2. The van der Waals surface area contributed by atoms with Crippen LogP contribution in [0.5, 0.6) is 11.5 Å². The fourth-order valence-electron chi connectivity index (χ4n) is 4.76. The van der Waals surface area contributed by atoms with Crippen LogP contribution in [-0.2, 0) is 34.1 Å². The van der Waals surface area contributed by atoms with Crippen molar-refractivity contribution in [3.63, 3.8) is 0 Å². The van der Waals surface area contributed by atoms with Crippen LogP contribution in [0, 0.1) is 70.0 Å². The summed E-state index contributed by atoms with van der Waals surface area (Å²) in [7, 11) is 0. The Kier molecular flexibility index (Phi) is 17.9. The van der Waals surface area contributed by atoms with E-state index in [1.165, 1.54) is 18.2 Å². The van der Waals surface area contributed by atoms with Crippen LogP contribution in [0.4, 0.5) is 0 Å². The van der Waals surface area contributed by atoms with Gasteiger partial charge in [0.2, 0.25) is 0 Å². The van der Waals surface area contributed by atoms with Gasteiger partial charge in [0, 0.05) is 27.8 Å². The predicted octanol–water partition coefficient (Wildman–Crippen LogP) is 8.32. The molecule has 0 heterocycles. The molecule has 0 amide bonds. The molecule has 0 radical (unpaired) electrons. The normalized spacial score (nSPS) is 9.52. The molecule has 0 unspecified atom stereocenters. The summed E-state index contributed by atoms with van der Waals surface area (Å²) in [6.45, 7) is 0. The van der Waals surface area contributed by atoms with Gasteiger partial charge in [-0.15, -0.1) is 41.5 Å². The van der Waals surface area contributed by atoms with E-state index in [1.807, 2.05) is 103 Å². The Bertz CT molecular complexity index is 2480. The number of hydrogen-bond donors (Lipinski definition) is 2. The van der Waals surface area contributed by atoms with E-state index in [2.05, 4.69) is 29.6 Å². The second kappa shape index (κ2) is 22.5. The van der Waals surface area contributed by atoms with Crippen molar-refractivity contribution in [1.82, 2.24) is 0 Å². The van der Waals surface area contributed by atoms with E-state index >= 15 is 0 Å². The average Bonchev–Trinajstić information content (AvgIpc) is 4.00. The SMILES string of the molecule is C#Cc1cc(O)cc(C#Cc2ccc[cH-]2)c1.N#CC(=C=[N-])C(=C1C=CC=C1)C(=C(C#N)C#N)c1cc(O)cc(C#Cc2ccc[cH-]2)c1.[Fe+2].[Fe+2].c1cc[cH-]c1. The fourth-order valence-corrected chi connectivity index (χ4v) is 4.76. The van der Waals surface area contributed by atoms with Crippen LogP contribution in [-0.4, -0.2) is 16.1 Å². The number of terminal acetylenes is 1. The van der Waals surface area contributed by atoms with E-state index in [1.54, 1.807) is 42.5 Å². The molecule has 5 aromatic carbocycles. The fraction of sp³-hybridized carbons (Fsp3) is 0. The zero-order valence-electron chi connectivity index (χ0n) is 28.2. The van der Waals surface area contributed by atoms with E-state index in [-0.39, 0.29) is 67.9 Å². The maximum atomic E-state index is 10.3. The maximum absolute atomic E-state index is 10.3. The topological polar surface area (TPSA) is 134 Å². The van der Waals surface area contributed by atoms with E-state index in [0.29, 0.717) is 27.8 Å². The number of rotatable bonds is 3. The van der Waals surface area contributed by atoms with Gasteiger partial charge in [0.15, 0.2) is 0 Å².